The number of aromatic nitrogens is 2. The van der Waals surface area contributed by atoms with Crippen molar-refractivity contribution in [1.29, 1.82) is 0 Å². The van der Waals surface area contributed by atoms with Gasteiger partial charge in [-0.2, -0.15) is 0 Å². The molecular formula is C17H18N2O2. The van der Waals surface area contributed by atoms with Crippen molar-refractivity contribution in [1.82, 2.24) is 9.97 Å². The summed E-state index contributed by atoms with van der Waals surface area (Å²) in [6.07, 6.45) is 1.03. The van der Waals surface area contributed by atoms with Gasteiger partial charge >= 0.3 is 0 Å². The quantitative estimate of drug-likeness (QED) is 0.776. The van der Waals surface area contributed by atoms with Gasteiger partial charge in [-0.1, -0.05) is 19.1 Å². The van der Waals surface area contributed by atoms with Crippen LogP contribution in [0.15, 0.2) is 42.5 Å². The van der Waals surface area contributed by atoms with Crippen LogP contribution < -0.4 is 9.47 Å². The van der Waals surface area contributed by atoms with E-state index in [9.17, 15) is 0 Å². The summed E-state index contributed by atoms with van der Waals surface area (Å²) in [4.78, 5) is 7.75. The highest BCUT2D eigenvalue weighted by Gasteiger charge is 2.05. The van der Waals surface area contributed by atoms with Crippen molar-refractivity contribution in [3.63, 3.8) is 0 Å². The van der Waals surface area contributed by atoms with Crippen molar-refractivity contribution in [3.05, 3.63) is 53.9 Å². The number of methoxy groups -OCH3 is 1. The minimum Gasteiger partial charge on any atom is -0.497 e. The van der Waals surface area contributed by atoms with Gasteiger partial charge in [-0.25, -0.2) is 4.98 Å². The molecule has 0 radical (unpaired) electrons. The van der Waals surface area contributed by atoms with Gasteiger partial charge in [-0.15, -0.1) is 0 Å². The van der Waals surface area contributed by atoms with E-state index in [1.807, 2.05) is 30.3 Å². The van der Waals surface area contributed by atoms with Crippen molar-refractivity contribution in [2.24, 2.45) is 0 Å². The van der Waals surface area contributed by atoms with Crippen molar-refractivity contribution in [2.75, 3.05) is 7.11 Å². The fourth-order valence-electron chi connectivity index (χ4n) is 2.21. The smallest absolute Gasteiger partial charge is 0.146 e. The normalized spacial score (nSPS) is 10.8. The highest BCUT2D eigenvalue weighted by molar-refractivity contribution is 5.76. The number of benzene rings is 2. The zero-order chi connectivity index (χ0) is 14.7. The van der Waals surface area contributed by atoms with Crippen LogP contribution in [0.1, 0.15) is 18.3 Å². The van der Waals surface area contributed by atoms with Crippen molar-refractivity contribution in [2.45, 2.75) is 20.0 Å². The molecule has 0 aliphatic heterocycles. The number of imidazole rings is 1. The van der Waals surface area contributed by atoms with Crippen molar-refractivity contribution in [3.8, 4) is 11.5 Å². The average molecular weight is 282 g/mol. The first-order valence-electron chi connectivity index (χ1n) is 7.03. The topological polar surface area (TPSA) is 47.1 Å². The highest BCUT2D eigenvalue weighted by atomic mass is 16.5. The fourth-order valence-corrected chi connectivity index (χ4v) is 2.21. The molecule has 0 aliphatic rings. The molecule has 0 aliphatic carbocycles. The Labute approximate surface area is 123 Å². The maximum absolute atomic E-state index is 5.75. The van der Waals surface area contributed by atoms with Crippen LogP contribution >= 0.6 is 0 Å². The van der Waals surface area contributed by atoms with E-state index in [4.69, 9.17) is 9.47 Å². The Morgan fingerprint density at radius 2 is 1.81 bits per heavy atom. The lowest BCUT2D eigenvalue weighted by molar-refractivity contribution is 0.297. The molecule has 1 N–H and O–H groups in total. The number of aromatic amines is 1. The van der Waals surface area contributed by atoms with Crippen molar-refractivity contribution < 1.29 is 9.47 Å². The molecule has 3 aromatic rings. The van der Waals surface area contributed by atoms with Gasteiger partial charge in [0.15, 0.2) is 0 Å². The lowest BCUT2D eigenvalue weighted by Gasteiger charge is -2.04. The molecule has 21 heavy (non-hydrogen) atoms. The van der Waals surface area contributed by atoms with E-state index >= 15 is 0 Å². The van der Waals surface area contributed by atoms with Gasteiger partial charge in [0.05, 0.1) is 18.1 Å². The summed E-state index contributed by atoms with van der Waals surface area (Å²) >= 11 is 0. The van der Waals surface area contributed by atoms with Gasteiger partial charge < -0.3 is 14.5 Å². The van der Waals surface area contributed by atoms with E-state index in [1.54, 1.807) is 7.11 Å². The third-order valence-corrected chi connectivity index (χ3v) is 3.45. The maximum Gasteiger partial charge on any atom is 0.146 e. The third kappa shape index (κ3) is 2.99. The van der Waals surface area contributed by atoms with Gasteiger partial charge in [0, 0.05) is 6.07 Å². The van der Waals surface area contributed by atoms with Crippen LogP contribution in [-0.2, 0) is 13.0 Å². The van der Waals surface area contributed by atoms with Gasteiger partial charge in [0.2, 0.25) is 0 Å². The number of fused-ring (bicyclic) bond motifs is 1. The van der Waals surface area contributed by atoms with Crippen molar-refractivity contribution >= 4 is 11.0 Å². The predicted molar refractivity (Wildman–Crippen MR) is 82.8 cm³/mol. The molecule has 2 aromatic carbocycles. The predicted octanol–water partition coefficient (Wildman–Crippen LogP) is 3.71. The van der Waals surface area contributed by atoms with E-state index in [1.165, 1.54) is 5.56 Å². The summed E-state index contributed by atoms with van der Waals surface area (Å²) in [6.45, 7) is 2.56. The van der Waals surface area contributed by atoms with E-state index < -0.39 is 0 Å². The van der Waals surface area contributed by atoms with Crippen LogP contribution in [0.2, 0.25) is 0 Å². The highest BCUT2D eigenvalue weighted by Crippen LogP contribution is 2.19. The number of rotatable bonds is 5. The number of H-pyrrole nitrogens is 1. The molecular weight excluding hydrogens is 264 g/mol. The third-order valence-electron chi connectivity index (χ3n) is 3.45. The SMILES string of the molecule is CCc1ccc(OCc2nc3ccc(OC)cc3[nH]2)cc1. The van der Waals surface area contributed by atoms with Crippen LogP contribution in [0.25, 0.3) is 11.0 Å². The first-order valence-corrected chi connectivity index (χ1v) is 7.03. The molecule has 1 heterocycles. The molecule has 0 atom stereocenters. The molecule has 4 heteroatoms. The Morgan fingerprint density at radius 3 is 2.52 bits per heavy atom. The number of nitrogens with zero attached hydrogens (tertiary/aromatic N) is 1. The van der Waals surface area contributed by atoms with Crippen LogP contribution in [0.3, 0.4) is 0 Å². The maximum atomic E-state index is 5.75. The number of ether oxygens (including phenoxy) is 2. The van der Waals surface area contributed by atoms with Gasteiger partial charge in [-0.3, -0.25) is 0 Å². The Balaban J connectivity index is 1.72. The van der Waals surface area contributed by atoms with Gasteiger partial charge in [0.25, 0.3) is 0 Å². The second-order valence-corrected chi connectivity index (χ2v) is 4.85. The van der Waals surface area contributed by atoms with Gasteiger partial charge in [0.1, 0.15) is 23.9 Å². The second-order valence-electron chi connectivity index (χ2n) is 4.85. The van der Waals surface area contributed by atoms with E-state index in [-0.39, 0.29) is 0 Å². The summed E-state index contributed by atoms with van der Waals surface area (Å²) in [5.41, 5.74) is 3.17. The summed E-state index contributed by atoms with van der Waals surface area (Å²) in [7, 11) is 1.65. The first-order chi connectivity index (χ1) is 10.3. The largest absolute Gasteiger partial charge is 0.497 e. The monoisotopic (exact) mass is 282 g/mol. The number of hydrogen-bond acceptors (Lipinski definition) is 3. The van der Waals surface area contributed by atoms with E-state index in [2.05, 4.69) is 29.0 Å². The molecule has 0 bridgehead atoms. The molecule has 0 fully saturated rings. The molecule has 0 saturated carbocycles. The molecule has 0 unspecified atom stereocenters. The molecule has 0 spiro atoms. The fraction of sp³-hybridized carbons (Fsp3) is 0.235. The Hall–Kier alpha value is -2.49. The Morgan fingerprint density at radius 1 is 1.05 bits per heavy atom. The molecule has 0 amide bonds. The van der Waals surface area contributed by atoms with Crippen LogP contribution in [0, 0.1) is 0 Å². The zero-order valence-corrected chi connectivity index (χ0v) is 12.2. The number of hydrogen-bond donors (Lipinski definition) is 1. The standard InChI is InChI=1S/C17H18N2O2/c1-3-12-4-6-13(7-5-12)21-11-17-18-15-9-8-14(20-2)10-16(15)19-17/h4-10H,3,11H2,1-2H3,(H,18,19). The summed E-state index contributed by atoms with van der Waals surface area (Å²) in [5.74, 6) is 2.47. The average Bonchev–Trinajstić information content (AvgIpc) is 2.95. The number of aryl methyl sites for hydroxylation is 1. The minimum atomic E-state index is 0.419. The van der Waals surface area contributed by atoms with E-state index in [0.717, 1.165) is 34.8 Å². The number of nitrogens with one attached hydrogen (secondary N) is 1. The van der Waals surface area contributed by atoms with E-state index in [0.29, 0.717) is 6.61 Å². The summed E-state index contributed by atoms with van der Waals surface area (Å²) < 4.78 is 11.0. The Kier molecular flexibility index (Phi) is 3.77. The van der Waals surface area contributed by atoms with Crippen LogP contribution in [0.5, 0.6) is 11.5 Å². The molecule has 3 rings (SSSR count). The molecule has 4 nitrogen and oxygen atoms in total. The van der Waals surface area contributed by atoms with Gasteiger partial charge in [-0.05, 0) is 36.2 Å². The zero-order valence-electron chi connectivity index (χ0n) is 12.2. The molecule has 0 saturated heterocycles. The van der Waals surface area contributed by atoms with Crippen LogP contribution in [-0.4, -0.2) is 17.1 Å². The summed E-state index contributed by atoms with van der Waals surface area (Å²) in [6, 6.07) is 13.9. The minimum absolute atomic E-state index is 0.419. The first kappa shape index (κ1) is 13.5. The van der Waals surface area contributed by atoms with Crippen LogP contribution in [0.4, 0.5) is 0 Å². The molecule has 108 valence electrons. The lowest BCUT2D eigenvalue weighted by atomic mass is 10.2. The Bertz CT molecular complexity index is 732. The molecule has 1 aromatic heterocycles. The summed E-state index contributed by atoms with van der Waals surface area (Å²) in [5, 5.41) is 0. The second kappa shape index (κ2) is 5.87. The lowest BCUT2D eigenvalue weighted by Crippen LogP contribution is -1.97.